The molecule has 7 heteroatoms. The molecule has 5 nitrogen and oxygen atoms in total. The van der Waals surface area contributed by atoms with E-state index in [0.717, 1.165) is 17.1 Å². The highest BCUT2D eigenvalue weighted by molar-refractivity contribution is 8.01. The first kappa shape index (κ1) is 15.6. The lowest BCUT2D eigenvalue weighted by molar-refractivity contribution is -0.133. The molecule has 0 radical (unpaired) electrons. The van der Waals surface area contributed by atoms with E-state index < -0.39 is 0 Å². The van der Waals surface area contributed by atoms with E-state index in [0.29, 0.717) is 24.2 Å². The largest absolute Gasteiger partial charge is 0.340 e. The lowest BCUT2D eigenvalue weighted by Gasteiger charge is -2.33. The normalized spacial score (nSPS) is 24.6. The summed E-state index contributed by atoms with van der Waals surface area (Å²) >= 11 is 7.37. The van der Waals surface area contributed by atoms with E-state index in [1.807, 2.05) is 11.0 Å². The number of hydrogen-bond donors (Lipinski definition) is 2. The van der Waals surface area contributed by atoms with Gasteiger partial charge in [0.05, 0.1) is 10.9 Å². The molecule has 2 heterocycles. The first-order valence-corrected chi connectivity index (χ1v) is 8.57. The third-order valence-corrected chi connectivity index (χ3v) is 5.35. The Morgan fingerprint density at radius 2 is 2.32 bits per heavy atom. The van der Waals surface area contributed by atoms with Crippen molar-refractivity contribution in [3.8, 4) is 0 Å². The Hall–Kier alpha value is -1.24. The van der Waals surface area contributed by atoms with Crippen LogP contribution in [0.4, 0.5) is 5.69 Å². The molecule has 2 amide bonds. The fourth-order valence-electron chi connectivity index (χ4n) is 2.70. The molecule has 2 unspecified atom stereocenters. The lowest BCUT2D eigenvalue weighted by Crippen LogP contribution is -2.52. The average molecular weight is 340 g/mol. The number of thioether (sulfide) groups is 1. The van der Waals surface area contributed by atoms with Gasteiger partial charge in [-0.05, 0) is 25.1 Å². The second-order valence-electron chi connectivity index (χ2n) is 5.64. The number of piperazine rings is 1. The molecule has 1 saturated heterocycles. The van der Waals surface area contributed by atoms with E-state index in [1.54, 1.807) is 12.1 Å². The van der Waals surface area contributed by atoms with Gasteiger partial charge in [-0.15, -0.1) is 11.8 Å². The molecule has 0 aliphatic carbocycles. The third kappa shape index (κ3) is 3.39. The molecule has 0 spiro atoms. The number of nitrogens with zero attached hydrogens (tertiary/aromatic N) is 1. The van der Waals surface area contributed by atoms with Crippen LogP contribution < -0.4 is 10.6 Å². The van der Waals surface area contributed by atoms with E-state index in [-0.39, 0.29) is 23.5 Å². The van der Waals surface area contributed by atoms with Crippen molar-refractivity contribution < 1.29 is 9.59 Å². The number of rotatable bonds is 2. The van der Waals surface area contributed by atoms with Crippen molar-refractivity contribution in [2.24, 2.45) is 0 Å². The van der Waals surface area contributed by atoms with Gasteiger partial charge in [0.2, 0.25) is 11.8 Å². The summed E-state index contributed by atoms with van der Waals surface area (Å²) in [7, 11) is 0. The van der Waals surface area contributed by atoms with Crippen molar-refractivity contribution in [3.05, 3.63) is 23.2 Å². The molecular formula is C15H18ClN3O2S. The molecule has 2 aliphatic rings. The van der Waals surface area contributed by atoms with Gasteiger partial charge in [0.15, 0.2) is 0 Å². The minimum Gasteiger partial charge on any atom is -0.340 e. The highest BCUT2D eigenvalue weighted by Crippen LogP contribution is 2.38. The van der Waals surface area contributed by atoms with Gasteiger partial charge in [0, 0.05) is 42.0 Å². The fourth-order valence-corrected chi connectivity index (χ4v) is 3.96. The summed E-state index contributed by atoms with van der Waals surface area (Å²) in [4.78, 5) is 27.4. The van der Waals surface area contributed by atoms with Gasteiger partial charge in [0.25, 0.3) is 0 Å². The third-order valence-electron chi connectivity index (χ3n) is 3.84. The van der Waals surface area contributed by atoms with Gasteiger partial charge >= 0.3 is 0 Å². The predicted molar refractivity (Wildman–Crippen MR) is 88.4 cm³/mol. The second-order valence-corrected chi connectivity index (χ2v) is 7.32. The van der Waals surface area contributed by atoms with Gasteiger partial charge in [-0.2, -0.15) is 0 Å². The van der Waals surface area contributed by atoms with Crippen molar-refractivity contribution in [1.29, 1.82) is 0 Å². The zero-order chi connectivity index (χ0) is 15.7. The Labute approximate surface area is 138 Å². The van der Waals surface area contributed by atoms with E-state index >= 15 is 0 Å². The van der Waals surface area contributed by atoms with Gasteiger partial charge in [-0.1, -0.05) is 11.6 Å². The zero-order valence-corrected chi connectivity index (χ0v) is 13.8. The van der Waals surface area contributed by atoms with Crippen molar-refractivity contribution in [1.82, 2.24) is 10.2 Å². The van der Waals surface area contributed by atoms with Crippen molar-refractivity contribution in [2.45, 2.75) is 29.5 Å². The maximum atomic E-state index is 12.4. The topological polar surface area (TPSA) is 61.4 Å². The van der Waals surface area contributed by atoms with Crippen LogP contribution in [0.1, 0.15) is 13.3 Å². The fraction of sp³-hybridized carbons (Fsp3) is 0.467. The molecule has 22 heavy (non-hydrogen) atoms. The number of amides is 2. The highest BCUT2D eigenvalue weighted by Gasteiger charge is 2.31. The van der Waals surface area contributed by atoms with Gasteiger partial charge < -0.3 is 15.5 Å². The van der Waals surface area contributed by atoms with E-state index in [9.17, 15) is 9.59 Å². The maximum absolute atomic E-state index is 12.4. The van der Waals surface area contributed by atoms with E-state index in [1.165, 1.54) is 11.8 Å². The number of carbonyl (C=O) groups is 2. The summed E-state index contributed by atoms with van der Waals surface area (Å²) in [6.07, 6.45) is 0.227. The van der Waals surface area contributed by atoms with Gasteiger partial charge in [0.1, 0.15) is 0 Å². The monoisotopic (exact) mass is 339 g/mol. The molecule has 1 aromatic carbocycles. The molecule has 118 valence electrons. The number of hydrogen-bond acceptors (Lipinski definition) is 4. The number of nitrogens with one attached hydrogen (secondary N) is 2. The summed E-state index contributed by atoms with van der Waals surface area (Å²) in [6, 6.07) is 5.71. The Morgan fingerprint density at radius 1 is 1.50 bits per heavy atom. The predicted octanol–water partition coefficient (Wildman–Crippen LogP) is 1.96. The highest BCUT2D eigenvalue weighted by atomic mass is 35.5. The van der Waals surface area contributed by atoms with E-state index in [2.05, 4.69) is 17.6 Å². The van der Waals surface area contributed by atoms with Crippen LogP contribution in [0.2, 0.25) is 5.02 Å². The Kier molecular flexibility index (Phi) is 4.61. The molecule has 1 aromatic rings. The summed E-state index contributed by atoms with van der Waals surface area (Å²) in [5.74, 6) is -0.0882. The van der Waals surface area contributed by atoms with Crippen LogP contribution in [0.25, 0.3) is 0 Å². The van der Waals surface area contributed by atoms with Crippen molar-refractivity contribution in [3.63, 3.8) is 0 Å². The molecule has 0 aromatic heterocycles. The SMILES string of the molecule is CC1CN(C(=O)CC2Sc3ccc(Cl)cc3NC2=O)CCN1. The summed E-state index contributed by atoms with van der Waals surface area (Å²) in [5, 5.41) is 6.35. The summed E-state index contributed by atoms with van der Waals surface area (Å²) in [5.41, 5.74) is 0.724. The zero-order valence-electron chi connectivity index (χ0n) is 12.3. The Bertz CT molecular complexity index is 610. The molecule has 3 rings (SSSR count). The number of anilines is 1. The van der Waals surface area contributed by atoms with Crippen LogP contribution in [0.5, 0.6) is 0 Å². The minimum atomic E-state index is -0.383. The molecule has 2 N–H and O–H groups in total. The standard InChI is InChI=1S/C15H18ClN3O2S/c1-9-8-19(5-4-17-9)14(20)7-13-15(21)18-11-6-10(16)2-3-12(11)22-13/h2-3,6,9,13,17H,4-5,7-8H2,1H3,(H,18,21). The van der Waals surface area contributed by atoms with E-state index in [4.69, 9.17) is 11.6 Å². The van der Waals surface area contributed by atoms with Crippen LogP contribution in [0.3, 0.4) is 0 Å². The molecule has 0 saturated carbocycles. The maximum Gasteiger partial charge on any atom is 0.238 e. The van der Waals surface area contributed by atoms with Crippen LogP contribution in [-0.4, -0.2) is 47.6 Å². The molecular weight excluding hydrogens is 322 g/mol. The first-order valence-electron chi connectivity index (χ1n) is 7.31. The average Bonchev–Trinajstić information content (AvgIpc) is 2.48. The number of benzene rings is 1. The number of halogens is 1. The van der Waals surface area contributed by atoms with Gasteiger partial charge in [-0.3, -0.25) is 9.59 Å². The Balaban J connectivity index is 1.67. The summed E-state index contributed by atoms with van der Waals surface area (Å²) in [6.45, 7) is 4.26. The second kappa shape index (κ2) is 6.48. The Morgan fingerprint density at radius 3 is 3.09 bits per heavy atom. The summed E-state index contributed by atoms with van der Waals surface area (Å²) < 4.78 is 0. The number of fused-ring (bicyclic) bond motifs is 1. The van der Waals surface area contributed by atoms with Crippen LogP contribution >= 0.6 is 23.4 Å². The molecule has 2 atom stereocenters. The van der Waals surface area contributed by atoms with Crippen molar-refractivity contribution in [2.75, 3.05) is 25.0 Å². The quantitative estimate of drug-likeness (QED) is 0.864. The van der Waals surface area contributed by atoms with Crippen LogP contribution in [0.15, 0.2) is 23.1 Å². The molecule has 2 aliphatic heterocycles. The van der Waals surface area contributed by atoms with Crippen LogP contribution in [0, 0.1) is 0 Å². The molecule has 1 fully saturated rings. The van der Waals surface area contributed by atoms with Gasteiger partial charge in [-0.25, -0.2) is 0 Å². The minimum absolute atomic E-state index is 0.0402. The number of carbonyl (C=O) groups excluding carboxylic acids is 2. The lowest BCUT2D eigenvalue weighted by atomic mass is 10.2. The first-order chi connectivity index (χ1) is 10.5. The molecule has 0 bridgehead atoms. The van der Waals surface area contributed by atoms with Crippen molar-refractivity contribution >= 4 is 40.9 Å². The smallest absolute Gasteiger partial charge is 0.238 e. The van der Waals surface area contributed by atoms with Crippen LogP contribution in [-0.2, 0) is 9.59 Å².